The van der Waals surface area contributed by atoms with Gasteiger partial charge < -0.3 is 14.9 Å². The van der Waals surface area contributed by atoms with Gasteiger partial charge in [0.25, 0.3) is 0 Å². The molecule has 0 aliphatic heterocycles. The quantitative estimate of drug-likeness (QED) is 0.179. The van der Waals surface area contributed by atoms with Crippen LogP contribution in [-0.4, -0.2) is 22.3 Å². The van der Waals surface area contributed by atoms with Crippen molar-refractivity contribution >= 4 is 5.97 Å². The summed E-state index contributed by atoms with van der Waals surface area (Å²) >= 11 is 0. The maximum atomic E-state index is 11.5. The van der Waals surface area contributed by atoms with Crippen molar-refractivity contribution in [3.63, 3.8) is 0 Å². The van der Waals surface area contributed by atoms with E-state index in [1.807, 2.05) is 26.0 Å². The van der Waals surface area contributed by atoms with E-state index < -0.39 is 12.1 Å². The Morgan fingerprint density at radius 3 is 1.55 bits per heavy atom. The van der Waals surface area contributed by atoms with Crippen molar-refractivity contribution in [2.45, 2.75) is 143 Å². The summed E-state index contributed by atoms with van der Waals surface area (Å²) in [7, 11) is 0. The van der Waals surface area contributed by atoms with Gasteiger partial charge in [-0.1, -0.05) is 122 Å². The Labute approximate surface area is 203 Å². The monoisotopic (exact) mass is 462 g/mol. The zero-order valence-electron chi connectivity index (χ0n) is 21.7. The lowest BCUT2D eigenvalue weighted by atomic mass is 10.0. The van der Waals surface area contributed by atoms with Gasteiger partial charge in [0.15, 0.2) is 6.10 Å². The van der Waals surface area contributed by atoms with Gasteiger partial charge in [0.2, 0.25) is 0 Å². The van der Waals surface area contributed by atoms with Crippen LogP contribution < -0.4 is 0 Å². The number of aliphatic carboxylic acids is 1. The van der Waals surface area contributed by atoms with E-state index in [-0.39, 0.29) is 6.61 Å². The first-order chi connectivity index (χ1) is 16.0. The van der Waals surface area contributed by atoms with Gasteiger partial charge in [-0.3, -0.25) is 0 Å². The third-order valence-electron chi connectivity index (χ3n) is 6.60. The minimum absolute atomic E-state index is 0.262. The average molecular weight is 463 g/mol. The molecule has 1 atom stereocenters. The van der Waals surface area contributed by atoms with Crippen LogP contribution in [0.2, 0.25) is 0 Å². The van der Waals surface area contributed by atoms with E-state index in [0.29, 0.717) is 12.2 Å². The first kappa shape index (κ1) is 29.5. The average Bonchev–Trinajstić information content (AvgIpc) is 2.78. The van der Waals surface area contributed by atoms with Crippen LogP contribution >= 0.6 is 0 Å². The minimum Gasteiger partial charge on any atom is -0.507 e. The molecule has 0 saturated carbocycles. The third kappa shape index (κ3) is 14.3. The van der Waals surface area contributed by atoms with E-state index in [2.05, 4.69) is 6.92 Å². The van der Waals surface area contributed by atoms with E-state index in [1.54, 1.807) is 0 Å². The van der Waals surface area contributed by atoms with Gasteiger partial charge in [-0.2, -0.15) is 0 Å². The summed E-state index contributed by atoms with van der Waals surface area (Å²) in [4.78, 5) is 11.5. The van der Waals surface area contributed by atoms with Crippen LogP contribution in [0.4, 0.5) is 0 Å². The highest BCUT2D eigenvalue weighted by atomic mass is 16.5. The maximum Gasteiger partial charge on any atom is 0.332 e. The molecule has 0 radical (unpaired) electrons. The van der Waals surface area contributed by atoms with Crippen molar-refractivity contribution in [1.82, 2.24) is 0 Å². The topological polar surface area (TPSA) is 66.8 Å². The van der Waals surface area contributed by atoms with Crippen molar-refractivity contribution in [3.8, 4) is 5.75 Å². The summed E-state index contributed by atoms with van der Waals surface area (Å²) in [5.41, 5.74) is 2.48. The summed E-state index contributed by atoms with van der Waals surface area (Å²) in [5.74, 6) is -0.593. The molecule has 0 bridgehead atoms. The lowest BCUT2D eigenvalue weighted by Crippen LogP contribution is -2.23. The summed E-state index contributed by atoms with van der Waals surface area (Å²) in [5, 5.41) is 19.3. The van der Waals surface area contributed by atoms with Crippen LogP contribution in [0.15, 0.2) is 12.1 Å². The molecule has 0 aliphatic rings. The number of carboxylic acids is 1. The number of phenols is 1. The number of carboxylic acid groups (broad SMARTS) is 1. The van der Waals surface area contributed by atoms with Crippen LogP contribution in [0.1, 0.15) is 133 Å². The number of benzene rings is 1. The molecular weight excluding hydrogens is 412 g/mol. The summed E-state index contributed by atoms with van der Waals surface area (Å²) in [6.45, 7) is 6.22. The Hall–Kier alpha value is -1.55. The van der Waals surface area contributed by atoms with E-state index in [9.17, 15) is 15.0 Å². The van der Waals surface area contributed by atoms with Gasteiger partial charge in [-0.15, -0.1) is 0 Å². The van der Waals surface area contributed by atoms with Crippen LogP contribution in [0.5, 0.6) is 5.75 Å². The molecule has 0 spiro atoms. The van der Waals surface area contributed by atoms with Crippen molar-refractivity contribution in [2.75, 3.05) is 0 Å². The number of hydrogen-bond donors (Lipinski definition) is 2. The molecule has 4 heteroatoms. The number of ether oxygens (including phenoxy) is 1. The fraction of sp³-hybridized carbons (Fsp3) is 0.759. The second-order valence-electron chi connectivity index (χ2n) is 9.81. The van der Waals surface area contributed by atoms with E-state index >= 15 is 0 Å². The molecule has 190 valence electrons. The lowest BCUT2D eigenvalue weighted by molar-refractivity contribution is -0.151. The molecule has 1 aromatic rings. The van der Waals surface area contributed by atoms with Crippen molar-refractivity contribution in [3.05, 3.63) is 28.8 Å². The minimum atomic E-state index is -0.886. The van der Waals surface area contributed by atoms with E-state index in [1.165, 1.54) is 89.9 Å². The number of hydrogen-bond acceptors (Lipinski definition) is 3. The first-order valence-electron chi connectivity index (χ1n) is 13.6. The summed E-state index contributed by atoms with van der Waals surface area (Å²) < 4.78 is 5.68. The zero-order chi connectivity index (χ0) is 24.3. The van der Waals surface area contributed by atoms with Crippen LogP contribution in [0.3, 0.4) is 0 Å². The van der Waals surface area contributed by atoms with Crippen LogP contribution in [0.25, 0.3) is 0 Å². The number of phenolic OH excluding ortho intramolecular Hbond substituents is 1. The van der Waals surface area contributed by atoms with Gasteiger partial charge in [-0.25, -0.2) is 4.79 Å². The Kier molecular flexibility index (Phi) is 16.8. The van der Waals surface area contributed by atoms with Gasteiger partial charge >= 0.3 is 5.97 Å². The predicted molar refractivity (Wildman–Crippen MR) is 138 cm³/mol. The van der Waals surface area contributed by atoms with E-state index in [4.69, 9.17) is 4.74 Å². The largest absolute Gasteiger partial charge is 0.507 e. The molecule has 1 aromatic carbocycles. The van der Waals surface area contributed by atoms with Crippen LogP contribution in [0, 0.1) is 13.8 Å². The van der Waals surface area contributed by atoms with Gasteiger partial charge in [0, 0.05) is 0 Å². The molecule has 4 nitrogen and oxygen atoms in total. The molecule has 0 amide bonds. The molecule has 2 N–H and O–H groups in total. The Morgan fingerprint density at radius 1 is 0.758 bits per heavy atom. The number of aryl methyl sites for hydroxylation is 2. The van der Waals surface area contributed by atoms with Crippen molar-refractivity contribution in [2.24, 2.45) is 0 Å². The molecule has 1 unspecified atom stereocenters. The third-order valence-corrected chi connectivity index (χ3v) is 6.60. The molecule has 0 aromatic heterocycles. The highest BCUT2D eigenvalue weighted by Crippen LogP contribution is 2.24. The summed E-state index contributed by atoms with van der Waals surface area (Å²) in [6.07, 6.45) is 20.8. The second kappa shape index (κ2) is 18.8. The molecule has 1 rings (SSSR count). The van der Waals surface area contributed by atoms with Crippen molar-refractivity contribution < 1.29 is 19.7 Å². The molecule has 0 heterocycles. The molecule has 0 saturated heterocycles. The molecule has 33 heavy (non-hydrogen) atoms. The SMILES string of the molecule is CCCCCCCCCCCCCCCCCCC(OCc1cc(C)c(O)c(C)c1)C(=O)O. The van der Waals surface area contributed by atoms with Crippen molar-refractivity contribution in [1.29, 1.82) is 0 Å². The maximum absolute atomic E-state index is 11.5. The lowest BCUT2D eigenvalue weighted by Gasteiger charge is -2.15. The normalized spacial score (nSPS) is 12.2. The van der Waals surface area contributed by atoms with E-state index in [0.717, 1.165) is 29.5 Å². The molecular formula is C29H50O4. The molecule has 0 aliphatic carbocycles. The molecule has 0 fully saturated rings. The van der Waals surface area contributed by atoms with Crippen LogP contribution in [-0.2, 0) is 16.1 Å². The first-order valence-corrected chi connectivity index (χ1v) is 13.6. The second-order valence-corrected chi connectivity index (χ2v) is 9.81. The van der Waals surface area contributed by atoms with Gasteiger partial charge in [-0.05, 0) is 37.0 Å². The highest BCUT2D eigenvalue weighted by molar-refractivity contribution is 5.72. The Balaban J connectivity index is 2.01. The number of carbonyl (C=O) groups is 1. The number of aromatic hydroxyl groups is 1. The zero-order valence-corrected chi connectivity index (χ0v) is 21.7. The number of unbranched alkanes of at least 4 members (excludes halogenated alkanes) is 15. The predicted octanol–water partition coefficient (Wildman–Crippen LogP) is 8.63. The fourth-order valence-electron chi connectivity index (χ4n) is 4.48. The smallest absolute Gasteiger partial charge is 0.332 e. The highest BCUT2D eigenvalue weighted by Gasteiger charge is 2.18. The Morgan fingerprint density at radius 2 is 1.15 bits per heavy atom. The standard InChI is InChI=1S/C29H50O4/c1-4-5-6-7-8-9-10-11-12-13-14-15-16-17-18-19-20-27(29(31)32)33-23-26-21-24(2)28(30)25(3)22-26/h21-22,27,30H,4-20,23H2,1-3H3,(H,31,32). The Bertz CT molecular complexity index is 618. The van der Waals surface area contributed by atoms with Gasteiger partial charge in [0.1, 0.15) is 5.75 Å². The fourth-order valence-corrected chi connectivity index (χ4v) is 4.48. The number of rotatable bonds is 21. The summed E-state index contributed by atoms with van der Waals surface area (Å²) in [6, 6.07) is 3.71. The van der Waals surface area contributed by atoms with Gasteiger partial charge in [0.05, 0.1) is 6.61 Å².